The summed E-state index contributed by atoms with van der Waals surface area (Å²) >= 11 is 0. The van der Waals surface area contributed by atoms with Gasteiger partial charge >= 0.3 is 0 Å². The average Bonchev–Trinajstić information content (AvgIpc) is 2.96. The zero-order valence-electron chi connectivity index (χ0n) is 9.29. The van der Waals surface area contributed by atoms with Crippen LogP contribution in [0.15, 0.2) is 0 Å². The maximum Gasteiger partial charge on any atom is 0.0246 e. The van der Waals surface area contributed by atoms with Gasteiger partial charge in [0.2, 0.25) is 0 Å². The lowest BCUT2D eigenvalue weighted by molar-refractivity contribution is 0.149. The molecule has 2 nitrogen and oxygen atoms in total. The Kier molecular flexibility index (Phi) is 4.20. The van der Waals surface area contributed by atoms with Gasteiger partial charge < -0.3 is 5.73 Å². The molecule has 0 aromatic rings. The summed E-state index contributed by atoms with van der Waals surface area (Å²) in [5, 5.41) is 0. The van der Waals surface area contributed by atoms with Crippen LogP contribution in [0.4, 0.5) is 0 Å². The first kappa shape index (κ1) is 11.0. The third-order valence-electron chi connectivity index (χ3n) is 3.35. The Bertz CT molecular complexity index is 143. The van der Waals surface area contributed by atoms with E-state index >= 15 is 0 Å². The van der Waals surface area contributed by atoms with E-state index in [0.717, 1.165) is 25.0 Å². The van der Waals surface area contributed by atoms with E-state index in [1.807, 2.05) is 0 Å². The average molecular weight is 184 g/mol. The Morgan fingerprint density at radius 3 is 2.31 bits per heavy atom. The minimum absolute atomic E-state index is 0.613. The van der Waals surface area contributed by atoms with Gasteiger partial charge in [0.05, 0.1) is 0 Å². The summed E-state index contributed by atoms with van der Waals surface area (Å²) in [6.45, 7) is 8.82. The Balaban J connectivity index is 2.50. The van der Waals surface area contributed by atoms with Gasteiger partial charge in [0, 0.05) is 18.6 Å². The van der Waals surface area contributed by atoms with E-state index in [-0.39, 0.29) is 0 Å². The fourth-order valence-electron chi connectivity index (χ4n) is 2.14. The molecule has 0 aliphatic heterocycles. The zero-order valence-corrected chi connectivity index (χ0v) is 9.29. The molecule has 1 aliphatic rings. The zero-order chi connectivity index (χ0) is 9.84. The molecule has 2 N–H and O–H groups in total. The predicted molar refractivity (Wildman–Crippen MR) is 57.7 cm³/mol. The van der Waals surface area contributed by atoms with Gasteiger partial charge in [-0.25, -0.2) is 0 Å². The maximum absolute atomic E-state index is 5.85. The third-order valence-corrected chi connectivity index (χ3v) is 3.35. The quantitative estimate of drug-likeness (QED) is 0.682. The summed E-state index contributed by atoms with van der Waals surface area (Å²) in [4.78, 5) is 2.61. The first-order valence-corrected chi connectivity index (χ1v) is 5.70. The molecule has 1 fully saturated rings. The first-order valence-electron chi connectivity index (χ1n) is 5.70. The van der Waals surface area contributed by atoms with Crippen LogP contribution >= 0.6 is 0 Å². The van der Waals surface area contributed by atoms with Crippen molar-refractivity contribution in [1.82, 2.24) is 4.90 Å². The van der Waals surface area contributed by atoms with Gasteiger partial charge in [0.15, 0.2) is 0 Å². The van der Waals surface area contributed by atoms with Crippen LogP contribution in [-0.2, 0) is 0 Å². The van der Waals surface area contributed by atoms with Crippen LogP contribution in [-0.4, -0.2) is 30.1 Å². The van der Waals surface area contributed by atoms with Crippen LogP contribution in [0.25, 0.3) is 0 Å². The van der Waals surface area contributed by atoms with Crippen LogP contribution in [0.5, 0.6) is 0 Å². The summed E-state index contributed by atoms with van der Waals surface area (Å²) in [7, 11) is 0. The van der Waals surface area contributed by atoms with E-state index in [1.54, 1.807) is 0 Å². The van der Waals surface area contributed by atoms with Crippen LogP contribution in [0.3, 0.4) is 0 Å². The van der Waals surface area contributed by atoms with Gasteiger partial charge in [-0.3, -0.25) is 4.90 Å². The number of likely N-dealkylation sites (N-methyl/N-ethyl adjacent to an activating group) is 1. The lowest BCUT2D eigenvalue weighted by Crippen LogP contribution is -2.45. The fourth-order valence-corrected chi connectivity index (χ4v) is 2.14. The summed E-state index contributed by atoms with van der Waals surface area (Å²) in [5.41, 5.74) is 5.85. The molecule has 0 radical (unpaired) electrons. The minimum Gasteiger partial charge on any atom is -0.329 e. The molecule has 2 unspecified atom stereocenters. The highest BCUT2D eigenvalue weighted by molar-refractivity contribution is 4.90. The second-order valence-corrected chi connectivity index (χ2v) is 4.25. The summed E-state index contributed by atoms with van der Waals surface area (Å²) in [6, 6.07) is 1.47. The molecule has 1 saturated carbocycles. The lowest BCUT2D eigenvalue weighted by Gasteiger charge is -2.34. The van der Waals surface area contributed by atoms with Gasteiger partial charge in [-0.05, 0) is 25.3 Å². The van der Waals surface area contributed by atoms with Gasteiger partial charge in [-0.1, -0.05) is 27.2 Å². The standard InChI is InChI=1S/C11H24N2/c1-4-9(3)11(8-12)13(5-2)10-6-7-10/h9-11H,4-8,12H2,1-3H3. The smallest absolute Gasteiger partial charge is 0.0246 e. The molecule has 0 aromatic heterocycles. The number of rotatable bonds is 6. The Morgan fingerprint density at radius 2 is 2.00 bits per heavy atom. The van der Waals surface area contributed by atoms with Crippen LogP contribution in [0.1, 0.15) is 40.0 Å². The van der Waals surface area contributed by atoms with Gasteiger partial charge in [0.25, 0.3) is 0 Å². The molecule has 0 aromatic carbocycles. The highest BCUT2D eigenvalue weighted by atomic mass is 15.2. The Morgan fingerprint density at radius 1 is 1.38 bits per heavy atom. The van der Waals surface area contributed by atoms with Crippen molar-refractivity contribution < 1.29 is 0 Å². The van der Waals surface area contributed by atoms with Crippen LogP contribution in [0, 0.1) is 5.92 Å². The van der Waals surface area contributed by atoms with Crippen LogP contribution in [0.2, 0.25) is 0 Å². The second kappa shape index (κ2) is 4.97. The normalized spacial score (nSPS) is 21.9. The summed E-state index contributed by atoms with van der Waals surface area (Å²) in [6.07, 6.45) is 4.02. The monoisotopic (exact) mass is 184 g/mol. The maximum atomic E-state index is 5.85. The number of hydrogen-bond donors (Lipinski definition) is 1. The van der Waals surface area contributed by atoms with Crippen molar-refractivity contribution in [1.29, 1.82) is 0 Å². The van der Waals surface area contributed by atoms with Crippen molar-refractivity contribution in [3.63, 3.8) is 0 Å². The molecule has 0 saturated heterocycles. The molecule has 2 heteroatoms. The molecule has 1 aliphatic carbocycles. The van der Waals surface area contributed by atoms with Gasteiger partial charge in [-0.2, -0.15) is 0 Å². The largest absolute Gasteiger partial charge is 0.329 e. The lowest BCUT2D eigenvalue weighted by atomic mass is 9.97. The molecule has 1 rings (SSSR count). The van der Waals surface area contributed by atoms with Crippen molar-refractivity contribution in [3.05, 3.63) is 0 Å². The van der Waals surface area contributed by atoms with Crippen molar-refractivity contribution in [2.45, 2.75) is 52.1 Å². The topological polar surface area (TPSA) is 29.3 Å². The van der Waals surface area contributed by atoms with Crippen molar-refractivity contribution in [2.75, 3.05) is 13.1 Å². The Hall–Kier alpha value is -0.0800. The molecule has 0 spiro atoms. The van der Waals surface area contributed by atoms with Crippen molar-refractivity contribution in [2.24, 2.45) is 11.7 Å². The molecule has 0 bridgehead atoms. The third kappa shape index (κ3) is 2.68. The molecule has 78 valence electrons. The van der Waals surface area contributed by atoms with E-state index < -0.39 is 0 Å². The molecular formula is C11H24N2. The highest BCUT2D eigenvalue weighted by Gasteiger charge is 2.33. The summed E-state index contributed by atoms with van der Waals surface area (Å²) in [5.74, 6) is 0.741. The second-order valence-electron chi connectivity index (χ2n) is 4.25. The summed E-state index contributed by atoms with van der Waals surface area (Å²) < 4.78 is 0. The number of hydrogen-bond acceptors (Lipinski definition) is 2. The van der Waals surface area contributed by atoms with Crippen LogP contribution < -0.4 is 5.73 Å². The van der Waals surface area contributed by atoms with E-state index in [9.17, 15) is 0 Å². The Labute approximate surface area is 82.5 Å². The molecule has 13 heavy (non-hydrogen) atoms. The number of nitrogens with two attached hydrogens (primary N) is 1. The molecule has 2 atom stereocenters. The molecule has 0 heterocycles. The predicted octanol–water partition coefficient (Wildman–Crippen LogP) is 1.84. The number of nitrogens with zero attached hydrogens (tertiary/aromatic N) is 1. The highest BCUT2D eigenvalue weighted by Crippen LogP contribution is 2.30. The van der Waals surface area contributed by atoms with Crippen molar-refractivity contribution >= 4 is 0 Å². The fraction of sp³-hybridized carbons (Fsp3) is 1.00. The van der Waals surface area contributed by atoms with Gasteiger partial charge in [0.1, 0.15) is 0 Å². The molecule has 0 amide bonds. The van der Waals surface area contributed by atoms with E-state index in [1.165, 1.54) is 19.3 Å². The minimum atomic E-state index is 0.613. The van der Waals surface area contributed by atoms with E-state index in [4.69, 9.17) is 5.73 Å². The molecular weight excluding hydrogens is 160 g/mol. The van der Waals surface area contributed by atoms with Crippen molar-refractivity contribution in [3.8, 4) is 0 Å². The van der Waals surface area contributed by atoms with E-state index in [2.05, 4.69) is 25.7 Å². The SMILES string of the molecule is CCC(C)C(CN)N(CC)C1CC1. The first-order chi connectivity index (χ1) is 6.24. The van der Waals surface area contributed by atoms with Gasteiger partial charge in [-0.15, -0.1) is 0 Å². The van der Waals surface area contributed by atoms with E-state index in [0.29, 0.717) is 6.04 Å².